The second-order valence-corrected chi connectivity index (χ2v) is 2.34. The van der Waals surface area contributed by atoms with Crippen molar-refractivity contribution in [1.82, 2.24) is 0 Å². The molecule has 0 atom stereocenters. The fourth-order valence-corrected chi connectivity index (χ4v) is 1.14. The fourth-order valence-electron chi connectivity index (χ4n) is 1.14. The van der Waals surface area contributed by atoms with Crippen molar-refractivity contribution >= 4 is 0 Å². The van der Waals surface area contributed by atoms with Gasteiger partial charge in [0.15, 0.2) is 0 Å². The van der Waals surface area contributed by atoms with Crippen LogP contribution in [0.25, 0.3) is 0 Å². The smallest absolute Gasteiger partial charge is 0.0970 e. The summed E-state index contributed by atoms with van der Waals surface area (Å²) in [5.74, 6) is 0. The zero-order valence-corrected chi connectivity index (χ0v) is 6.02. The van der Waals surface area contributed by atoms with E-state index < -0.39 is 0 Å². The van der Waals surface area contributed by atoms with Gasteiger partial charge in [0.2, 0.25) is 0 Å². The lowest BCUT2D eigenvalue weighted by atomic mass is 9.98. The Balaban J connectivity index is 2.08. The molecule has 0 spiro atoms. The Morgan fingerprint density at radius 3 is 2.67 bits per heavy atom. The van der Waals surface area contributed by atoms with E-state index in [0.29, 0.717) is 0 Å². The average molecular weight is 126 g/mol. The Kier molecular flexibility index (Phi) is 3.05. The van der Waals surface area contributed by atoms with E-state index >= 15 is 0 Å². The molecule has 1 fully saturated rings. The molecule has 0 aliphatic heterocycles. The highest BCUT2D eigenvalue weighted by Crippen LogP contribution is 2.25. The molecule has 0 N–H and O–H groups in total. The minimum absolute atomic E-state index is 0.843. The first-order valence-electron chi connectivity index (χ1n) is 3.72. The lowest BCUT2D eigenvalue weighted by Gasteiger charge is -2.19. The molecule has 0 amide bonds. The van der Waals surface area contributed by atoms with E-state index in [2.05, 4.69) is 6.42 Å². The van der Waals surface area contributed by atoms with Crippen molar-refractivity contribution < 1.29 is 4.74 Å². The molecule has 1 saturated carbocycles. The molecule has 0 aromatic carbocycles. The highest BCUT2D eigenvalue weighted by molar-refractivity contribution is 4.88. The zero-order valence-electron chi connectivity index (χ0n) is 6.02. The van der Waals surface area contributed by atoms with Gasteiger partial charge in [-0.15, -0.1) is 0 Å². The van der Waals surface area contributed by atoms with Crippen LogP contribution in [0.15, 0.2) is 0 Å². The molecule has 2 radical (unpaired) electrons. The van der Waals surface area contributed by atoms with E-state index in [1.165, 1.54) is 18.9 Å². The van der Waals surface area contributed by atoms with Crippen LogP contribution in [-0.2, 0) is 4.74 Å². The van der Waals surface area contributed by atoms with Crippen LogP contribution < -0.4 is 0 Å². The van der Waals surface area contributed by atoms with Gasteiger partial charge in [-0.3, -0.25) is 0 Å². The summed E-state index contributed by atoms with van der Waals surface area (Å²) >= 11 is 0. The molecule has 0 aromatic heterocycles. The maximum atomic E-state index is 5.38. The van der Waals surface area contributed by atoms with Crippen LogP contribution in [0.4, 0.5) is 0 Å². The van der Waals surface area contributed by atoms with E-state index in [9.17, 15) is 0 Å². The SMILES string of the molecule is CCO[C]1CC[CH]CC1. The maximum absolute atomic E-state index is 5.38. The van der Waals surface area contributed by atoms with Crippen molar-refractivity contribution in [2.75, 3.05) is 6.61 Å². The number of rotatable bonds is 2. The van der Waals surface area contributed by atoms with Crippen molar-refractivity contribution in [2.45, 2.75) is 32.6 Å². The van der Waals surface area contributed by atoms with Crippen molar-refractivity contribution in [2.24, 2.45) is 0 Å². The summed E-state index contributed by atoms with van der Waals surface area (Å²) in [5.41, 5.74) is 0. The predicted octanol–water partition coefficient (Wildman–Crippen LogP) is 2.33. The number of ether oxygens (including phenoxy) is 1. The van der Waals surface area contributed by atoms with E-state index in [-0.39, 0.29) is 0 Å². The summed E-state index contributed by atoms with van der Waals surface area (Å²) in [6.07, 6.45) is 8.40. The van der Waals surface area contributed by atoms with Gasteiger partial charge >= 0.3 is 0 Å². The lowest BCUT2D eigenvalue weighted by molar-refractivity contribution is 0.131. The summed E-state index contributed by atoms with van der Waals surface area (Å²) in [5, 5.41) is 0. The molecule has 52 valence electrons. The van der Waals surface area contributed by atoms with Gasteiger partial charge in [-0.25, -0.2) is 0 Å². The second kappa shape index (κ2) is 3.89. The third kappa shape index (κ3) is 2.35. The Morgan fingerprint density at radius 2 is 2.11 bits per heavy atom. The van der Waals surface area contributed by atoms with Crippen LogP contribution in [0.3, 0.4) is 0 Å². The third-order valence-electron chi connectivity index (χ3n) is 1.60. The molecule has 0 unspecified atom stereocenters. The van der Waals surface area contributed by atoms with E-state index in [0.717, 1.165) is 19.4 Å². The van der Waals surface area contributed by atoms with Crippen LogP contribution >= 0.6 is 0 Å². The molecule has 1 heteroatoms. The Labute approximate surface area is 57.4 Å². The average Bonchev–Trinajstić information content (AvgIpc) is 1.91. The summed E-state index contributed by atoms with van der Waals surface area (Å²) in [6.45, 7) is 2.89. The summed E-state index contributed by atoms with van der Waals surface area (Å²) in [7, 11) is 0. The van der Waals surface area contributed by atoms with Gasteiger partial charge in [-0.1, -0.05) is 0 Å². The molecule has 0 bridgehead atoms. The van der Waals surface area contributed by atoms with Crippen LogP contribution in [0.2, 0.25) is 0 Å². The minimum Gasteiger partial charge on any atom is -0.372 e. The number of hydrogen-bond donors (Lipinski definition) is 0. The van der Waals surface area contributed by atoms with Gasteiger partial charge in [0.05, 0.1) is 6.10 Å². The molecule has 1 nitrogen and oxygen atoms in total. The van der Waals surface area contributed by atoms with Gasteiger partial charge < -0.3 is 4.74 Å². The summed E-state index contributed by atoms with van der Waals surface area (Å²) in [6, 6.07) is 0. The summed E-state index contributed by atoms with van der Waals surface area (Å²) in [4.78, 5) is 0. The van der Waals surface area contributed by atoms with Gasteiger partial charge in [0.1, 0.15) is 0 Å². The van der Waals surface area contributed by atoms with Gasteiger partial charge in [-0.05, 0) is 39.0 Å². The summed E-state index contributed by atoms with van der Waals surface area (Å²) < 4.78 is 5.38. The van der Waals surface area contributed by atoms with Gasteiger partial charge in [-0.2, -0.15) is 0 Å². The van der Waals surface area contributed by atoms with Crippen molar-refractivity contribution in [3.05, 3.63) is 12.5 Å². The molecule has 9 heavy (non-hydrogen) atoms. The Morgan fingerprint density at radius 1 is 1.44 bits per heavy atom. The molecule has 0 aromatic rings. The van der Waals surface area contributed by atoms with Crippen LogP contribution in [0.5, 0.6) is 0 Å². The Hall–Kier alpha value is -0.0400. The zero-order chi connectivity index (χ0) is 6.53. The minimum atomic E-state index is 0.843. The second-order valence-electron chi connectivity index (χ2n) is 2.34. The van der Waals surface area contributed by atoms with Crippen molar-refractivity contribution in [3.8, 4) is 0 Å². The molecular weight excluding hydrogens is 112 g/mol. The lowest BCUT2D eigenvalue weighted by Crippen LogP contribution is -2.07. The van der Waals surface area contributed by atoms with Gasteiger partial charge in [0.25, 0.3) is 0 Å². The monoisotopic (exact) mass is 126 g/mol. The van der Waals surface area contributed by atoms with Crippen molar-refractivity contribution in [3.63, 3.8) is 0 Å². The van der Waals surface area contributed by atoms with Crippen LogP contribution in [0, 0.1) is 12.5 Å². The van der Waals surface area contributed by atoms with Crippen LogP contribution in [0.1, 0.15) is 32.6 Å². The van der Waals surface area contributed by atoms with E-state index in [1.54, 1.807) is 0 Å². The Bertz CT molecular complexity index is 62.2. The first-order valence-corrected chi connectivity index (χ1v) is 3.72. The van der Waals surface area contributed by atoms with Crippen molar-refractivity contribution in [1.29, 1.82) is 0 Å². The molecule has 0 saturated heterocycles. The number of hydrogen-bond acceptors (Lipinski definition) is 1. The van der Waals surface area contributed by atoms with E-state index in [4.69, 9.17) is 4.74 Å². The normalized spacial score (nSPS) is 22.3. The fraction of sp³-hybridized carbons (Fsp3) is 0.750. The predicted molar refractivity (Wildman–Crippen MR) is 37.6 cm³/mol. The first-order chi connectivity index (χ1) is 4.43. The van der Waals surface area contributed by atoms with Gasteiger partial charge in [0, 0.05) is 6.61 Å². The largest absolute Gasteiger partial charge is 0.372 e. The van der Waals surface area contributed by atoms with E-state index in [1.807, 2.05) is 6.92 Å². The first kappa shape index (κ1) is 7.07. The standard InChI is InChI=1S/C8H14O/c1-2-9-8-6-4-3-5-7-8/h3H,2,4-7H2,1H3. The highest BCUT2D eigenvalue weighted by atomic mass is 16.5. The van der Waals surface area contributed by atoms with Crippen LogP contribution in [-0.4, -0.2) is 6.61 Å². The molecule has 1 aliphatic carbocycles. The molecular formula is C8H14O. The highest BCUT2D eigenvalue weighted by Gasteiger charge is 2.13. The molecule has 1 rings (SSSR count). The quantitative estimate of drug-likeness (QED) is 0.551. The third-order valence-corrected chi connectivity index (χ3v) is 1.60. The topological polar surface area (TPSA) is 9.23 Å². The maximum Gasteiger partial charge on any atom is 0.0970 e. The molecule has 1 aliphatic rings. The molecule has 0 heterocycles.